The molecule has 7 atom stereocenters. The molecule has 0 bridgehead atoms. The van der Waals surface area contributed by atoms with Crippen molar-refractivity contribution in [2.24, 2.45) is 29.1 Å². The second-order valence-electron chi connectivity index (χ2n) is 9.77. The van der Waals surface area contributed by atoms with Crippen molar-refractivity contribution in [3.63, 3.8) is 0 Å². The average Bonchev–Trinajstić information content (AvgIpc) is 3.26. The third-order valence-corrected chi connectivity index (χ3v) is 8.72. The topological polar surface area (TPSA) is 87.7 Å². The summed E-state index contributed by atoms with van der Waals surface area (Å²) < 4.78 is 5.02. The van der Waals surface area contributed by atoms with Crippen LogP contribution in [0.25, 0.3) is 0 Å². The van der Waals surface area contributed by atoms with Gasteiger partial charge in [-0.15, -0.1) is 11.3 Å². The number of hydrogen-bond donors (Lipinski definition) is 3. The maximum atomic E-state index is 12.8. The van der Waals surface area contributed by atoms with E-state index in [1.54, 1.807) is 18.4 Å². The standard InChI is InChI=1S/C24H38N2O4S/c1-15(23(29)25-14-17-6-5-13-31-17)18-7-10-24(3)11-8-19(16(2)21(24)22(18)28)26-20(27)9-12-30-4/h5-6,13,15-16,18-19,21-22,28H,7-12,14H2,1-4H3,(H,25,29)(H,26,27)/t15-,16+,18-,19-,21+,22-,24-/m0/s1. The molecule has 1 aromatic rings. The van der Waals surface area contributed by atoms with Crippen LogP contribution in [0.4, 0.5) is 0 Å². The van der Waals surface area contributed by atoms with Gasteiger partial charge < -0.3 is 20.5 Å². The Bertz CT molecular complexity index is 740. The molecule has 1 heterocycles. The molecule has 6 nitrogen and oxygen atoms in total. The van der Waals surface area contributed by atoms with Crippen LogP contribution < -0.4 is 10.6 Å². The van der Waals surface area contributed by atoms with Gasteiger partial charge in [0.2, 0.25) is 11.8 Å². The minimum Gasteiger partial charge on any atom is -0.392 e. The number of ether oxygens (including phenoxy) is 1. The summed E-state index contributed by atoms with van der Waals surface area (Å²) in [7, 11) is 1.60. The summed E-state index contributed by atoms with van der Waals surface area (Å²) in [5, 5.41) is 19.7. The molecule has 0 aromatic carbocycles. The van der Waals surface area contributed by atoms with Crippen molar-refractivity contribution in [2.45, 2.75) is 71.6 Å². The molecule has 1 aromatic heterocycles. The van der Waals surface area contributed by atoms with Gasteiger partial charge >= 0.3 is 0 Å². The van der Waals surface area contributed by atoms with Crippen molar-refractivity contribution in [2.75, 3.05) is 13.7 Å². The van der Waals surface area contributed by atoms with E-state index in [0.717, 1.165) is 30.6 Å². The molecule has 174 valence electrons. The smallest absolute Gasteiger partial charge is 0.223 e. The number of thiophene rings is 1. The van der Waals surface area contributed by atoms with Gasteiger partial charge in [-0.1, -0.05) is 26.8 Å². The number of carbonyl (C=O) groups is 2. The summed E-state index contributed by atoms with van der Waals surface area (Å²) in [6.45, 7) is 7.32. The van der Waals surface area contributed by atoms with Crippen LogP contribution in [-0.4, -0.2) is 42.8 Å². The fraction of sp³-hybridized carbons (Fsp3) is 0.750. The predicted octanol–water partition coefficient (Wildman–Crippen LogP) is 3.35. The lowest BCUT2D eigenvalue weighted by Gasteiger charge is -2.56. The second-order valence-corrected chi connectivity index (χ2v) is 10.8. The van der Waals surface area contributed by atoms with E-state index in [2.05, 4.69) is 24.5 Å². The van der Waals surface area contributed by atoms with Gasteiger partial charge in [0.25, 0.3) is 0 Å². The summed E-state index contributed by atoms with van der Waals surface area (Å²) in [6.07, 6.45) is 3.60. The van der Waals surface area contributed by atoms with Crippen LogP contribution in [0, 0.1) is 29.1 Å². The van der Waals surface area contributed by atoms with Crippen molar-refractivity contribution in [1.82, 2.24) is 10.6 Å². The first-order valence-electron chi connectivity index (χ1n) is 11.5. The molecule has 2 fully saturated rings. The van der Waals surface area contributed by atoms with E-state index in [1.807, 2.05) is 24.4 Å². The molecule has 0 unspecified atom stereocenters. The van der Waals surface area contributed by atoms with Crippen LogP contribution in [0.2, 0.25) is 0 Å². The summed E-state index contributed by atoms with van der Waals surface area (Å²) in [5.41, 5.74) is 0.0518. The molecule has 3 rings (SSSR count). The molecule has 0 spiro atoms. The number of fused-ring (bicyclic) bond motifs is 1. The van der Waals surface area contributed by atoms with Crippen LogP contribution in [0.5, 0.6) is 0 Å². The zero-order valence-electron chi connectivity index (χ0n) is 19.2. The second kappa shape index (κ2) is 10.5. The third-order valence-electron chi connectivity index (χ3n) is 7.84. The van der Waals surface area contributed by atoms with Crippen molar-refractivity contribution in [3.05, 3.63) is 22.4 Å². The predicted molar refractivity (Wildman–Crippen MR) is 122 cm³/mol. The molecule has 31 heavy (non-hydrogen) atoms. The van der Waals surface area contributed by atoms with E-state index in [4.69, 9.17) is 4.74 Å². The summed E-state index contributed by atoms with van der Waals surface area (Å²) in [4.78, 5) is 26.2. The number of amides is 2. The van der Waals surface area contributed by atoms with Crippen LogP contribution in [0.3, 0.4) is 0 Å². The summed E-state index contributed by atoms with van der Waals surface area (Å²) >= 11 is 1.63. The van der Waals surface area contributed by atoms with Crippen molar-refractivity contribution in [1.29, 1.82) is 0 Å². The first-order chi connectivity index (χ1) is 14.8. The molecule has 0 radical (unpaired) electrons. The fourth-order valence-electron chi connectivity index (χ4n) is 5.91. The zero-order valence-corrected chi connectivity index (χ0v) is 20.0. The first kappa shape index (κ1) is 24.2. The highest BCUT2D eigenvalue weighted by Crippen LogP contribution is 2.55. The quantitative estimate of drug-likeness (QED) is 0.567. The van der Waals surface area contributed by atoms with E-state index in [0.29, 0.717) is 19.6 Å². The largest absolute Gasteiger partial charge is 0.392 e. The zero-order chi connectivity index (χ0) is 22.6. The van der Waals surface area contributed by atoms with E-state index in [1.165, 1.54) is 0 Å². The van der Waals surface area contributed by atoms with Gasteiger partial charge in [0, 0.05) is 30.4 Å². The Morgan fingerprint density at radius 2 is 2.10 bits per heavy atom. The molecule has 2 amide bonds. The van der Waals surface area contributed by atoms with E-state index < -0.39 is 6.10 Å². The number of hydrogen-bond acceptors (Lipinski definition) is 5. The Morgan fingerprint density at radius 1 is 1.35 bits per heavy atom. The highest BCUT2D eigenvalue weighted by atomic mass is 32.1. The van der Waals surface area contributed by atoms with Crippen molar-refractivity contribution < 1.29 is 19.4 Å². The number of aliphatic hydroxyl groups is 1. The van der Waals surface area contributed by atoms with Gasteiger partial charge in [0.1, 0.15) is 0 Å². The van der Waals surface area contributed by atoms with Gasteiger partial charge in [-0.3, -0.25) is 9.59 Å². The van der Waals surface area contributed by atoms with E-state index in [-0.39, 0.29) is 46.9 Å². The first-order valence-corrected chi connectivity index (χ1v) is 12.4. The molecule has 7 heteroatoms. The van der Waals surface area contributed by atoms with Crippen LogP contribution in [0.1, 0.15) is 57.8 Å². The third kappa shape index (κ3) is 5.49. The van der Waals surface area contributed by atoms with Crippen molar-refractivity contribution >= 4 is 23.2 Å². The lowest BCUT2D eigenvalue weighted by Crippen LogP contribution is -2.58. The summed E-state index contributed by atoms with van der Waals surface area (Å²) in [6, 6.07) is 4.05. The Labute approximate surface area is 190 Å². The Kier molecular flexibility index (Phi) is 8.16. The molecule has 2 aliphatic carbocycles. The minimum atomic E-state index is -0.546. The van der Waals surface area contributed by atoms with Gasteiger partial charge in [-0.25, -0.2) is 0 Å². The minimum absolute atomic E-state index is 0.00507. The normalized spacial score (nSPS) is 33.9. The number of nitrogens with one attached hydrogen (secondary N) is 2. The Hall–Kier alpha value is -1.44. The molecule has 0 saturated heterocycles. The van der Waals surface area contributed by atoms with Gasteiger partial charge in [0.05, 0.1) is 19.3 Å². The molecular weight excluding hydrogens is 412 g/mol. The lowest BCUT2D eigenvalue weighted by molar-refractivity contribution is -0.144. The van der Waals surface area contributed by atoms with Crippen LogP contribution in [-0.2, 0) is 20.9 Å². The highest BCUT2D eigenvalue weighted by molar-refractivity contribution is 7.09. The lowest BCUT2D eigenvalue weighted by atomic mass is 9.51. The van der Waals surface area contributed by atoms with Gasteiger partial charge in [0.15, 0.2) is 0 Å². The number of carbonyl (C=O) groups excluding carboxylic acids is 2. The highest BCUT2D eigenvalue weighted by Gasteiger charge is 2.53. The van der Waals surface area contributed by atoms with Crippen LogP contribution in [0.15, 0.2) is 17.5 Å². The molecule has 2 aliphatic rings. The maximum absolute atomic E-state index is 12.8. The molecule has 2 saturated carbocycles. The van der Waals surface area contributed by atoms with E-state index in [9.17, 15) is 14.7 Å². The number of methoxy groups -OCH3 is 1. The Balaban J connectivity index is 1.64. The fourth-order valence-corrected chi connectivity index (χ4v) is 6.56. The van der Waals surface area contributed by atoms with Crippen molar-refractivity contribution in [3.8, 4) is 0 Å². The monoisotopic (exact) mass is 450 g/mol. The Morgan fingerprint density at radius 3 is 2.77 bits per heavy atom. The van der Waals surface area contributed by atoms with E-state index >= 15 is 0 Å². The van der Waals surface area contributed by atoms with Gasteiger partial charge in [-0.05, 0) is 60.3 Å². The molecular formula is C24H38N2O4S. The van der Waals surface area contributed by atoms with Crippen LogP contribution >= 0.6 is 11.3 Å². The number of aliphatic hydroxyl groups excluding tert-OH is 1. The average molecular weight is 451 g/mol. The maximum Gasteiger partial charge on any atom is 0.223 e. The summed E-state index contributed by atoms with van der Waals surface area (Å²) in [5.74, 6) is -0.0701. The molecule has 0 aliphatic heterocycles. The van der Waals surface area contributed by atoms with Gasteiger partial charge in [-0.2, -0.15) is 0 Å². The SMILES string of the molecule is COCCC(=O)N[C@H]1CC[C@]2(C)CC[C@@H]([C@H](C)C(=O)NCc3cccs3)[C@H](O)[C@H]2[C@@H]1C. The number of rotatable bonds is 8. The molecule has 3 N–H and O–H groups in total.